The molecule has 2 aromatic rings. The van der Waals surface area contributed by atoms with Crippen LogP contribution in [0.2, 0.25) is 0 Å². The Bertz CT molecular complexity index is 1090. The molecule has 0 bridgehead atoms. The lowest BCUT2D eigenvalue weighted by Gasteiger charge is -2.32. The first kappa shape index (κ1) is 22.4. The van der Waals surface area contributed by atoms with Gasteiger partial charge in [0.05, 0.1) is 23.9 Å². The number of benzene rings is 1. The van der Waals surface area contributed by atoms with Crippen LogP contribution in [0.4, 0.5) is 0 Å². The first-order valence-corrected chi connectivity index (χ1v) is 10.00. The largest absolute Gasteiger partial charge is 0.492 e. The van der Waals surface area contributed by atoms with Gasteiger partial charge in [0.15, 0.2) is 5.43 Å². The number of rotatable bonds is 6. The lowest BCUT2D eigenvalue weighted by atomic mass is 9.86. The van der Waals surface area contributed by atoms with Crippen molar-refractivity contribution in [2.45, 2.75) is 33.2 Å². The van der Waals surface area contributed by atoms with Gasteiger partial charge in [0, 0.05) is 44.0 Å². The normalized spacial score (nSPS) is 15.1. The SMILES string of the molecule is COCCCOc1cc2c(cc1C#N)-c1cc(=O)c(C(=O)O)cn1C(C(C)(C)C)CO2. The summed E-state index contributed by atoms with van der Waals surface area (Å²) in [6, 6.07) is 6.47. The number of pyridine rings is 1. The Morgan fingerprint density at radius 1 is 1.32 bits per heavy atom. The number of nitrogens with zero attached hydrogens (tertiary/aromatic N) is 2. The Balaban J connectivity index is 2.18. The average Bonchev–Trinajstić information content (AvgIpc) is 2.85. The van der Waals surface area contributed by atoms with Crippen molar-refractivity contribution in [1.29, 1.82) is 5.26 Å². The number of fused-ring (bicyclic) bond motifs is 3. The Kier molecular flexibility index (Phi) is 6.37. The minimum absolute atomic E-state index is 0.245. The summed E-state index contributed by atoms with van der Waals surface area (Å²) in [5.74, 6) is -0.415. The molecule has 0 saturated carbocycles. The van der Waals surface area contributed by atoms with E-state index in [0.717, 1.165) is 0 Å². The minimum atomic E-state index is -1.28. The summed E-state index contributed by atoms with van der Waals surface area (Å²) in [6.45, 7) is 7.24. The zero-order valence-corrected chi connectivity index (χ0v) is 18.1. The van der Waals surface area contributed by atoms with E-state index in [1.165, 1.54) is 12.3 Å². The second kappa shape index (κ2) is 8.82. The van der Waals surface area contributed by atoms with E-state index >= 15 is 0 Å². The van der Waals surface area contributed by atoms with Crippen LogP contribution < -0.4 is 14.9 Å². The maximum absolute atomic E-state index is 12.5. The van der Waals surface area contributed by atoms with Crippen molar-refractivity contribution in [3.05, 3.63) is 45.7 Å². The van der Waals surface area contributed by atoms with Gasteiger partial charge < -0.3 is 23.9 Å². The second-order valence-corrected chi connectivity index (χ2v) is 8.49. The molecular formula is C23H26N2O6. The van der Waals surface area contributed by atoms with Gasteiger partial charge in [-0.3, -0.25) is 4.79 Å². The molecule has 1 aliphatic rings. The van der Waals surface area contributed by atoms with E-state index < -0.39 is 11.4 Å². The van der Waals surface area contributed by atoms with Gasteiger partial charge >= 0.3 is 5.97 Å². The Labute approximate surface area is 180 Å². The molecule has 0 amide bonds. The van der Waals surface area contributed by atoms with Crippen LogP contribution in [0.1, 0.15) is 49.2 Å². The predicted molar refractivity (Wildman–Crippen MR) is 114 cm³/mol. The maximum Gasteiger partial charge on any atom is 0.341 e. The highest BCUT2D eigenvalue weighted by atomic mass is 16.5. The van der Waals surface area contributed by atoms with Crippen molar-refractivity contribution in [3.63, 3.8) is 0 Å². The number of hydrogen-bond acceptors (Lipinski definition) is 6. The van der Waals surface area contributed by atoms with Crippen LogP contribution in [-0.2, 0) is 4.74 Å². The van der Waals surface area contributed by atoms with Gasteiger partial charge in [0.2, 0.25) is 0 Å². The number of carboxylic acid groups (broad SMARTS) is 1. The summed E-state index contributed by atoms with van der Waals surface area (Å²) in [4.78, 5) is 24.1. The molecule has 1 aliphatic heterocycles. The van der Waals surface area contributed by atoms with Crippen LogP contribution >= 0.6 is 0 Å². The molecule has 1 unspecified atom stereocenters. The van der Waals surface area contributed by atoms with E-state index in [1.54, 1.807) is 23.8 Å². The standard InChI is InChI=1S/C23H26N2O6/c1-23(2,3)21-13-31-20-10-19(30-7-5-6-29-4)14(11-24)8-15(20)17-9-18(26)16(22(27)28)12-25(17)21/h8-10,12,21H,5-7,13H2,1-4H3,(H,27,28). The number of methoxy groups -OCH3 is 1. The first-order chi connectivity index (χ1) is 14.7. The quantitative estimate of drug-likeness (QED) is 0.704. The summed E-state index contributed by atoms with van der Waals surface area (Å²) in [6.07, 6.45) is 2.04. The zero-order valence-electron chi connectivity index (χ0n) is 18.1. The summed E-state index contributed by atoms with van der Waals surface area (Å²) >= 11 is 0. The Hall–Kier alpha value is -3.31. The van der Waals surface area contributed by atoms with Gasteiger partial charge in [-0.25, -0.2) is 4.79 Å². The molecule has 31 heavy (non-hydrogen) atoms. The van der Waals surface area contributed by atoms with E-state index in [9.17, 15) is 20.0 Å². The lowest BCUT2D eigenvalue weighted by Crippen LogP contribution is -2.31. The number of nitriles is 1. The van der Waals surface area contributed by atoms with Crippen molar-refractivity contribution >= 4 is 5.97 Å². The van der Waals surface area contributed by atoms with Crippen LogP contribution in [0.5, 0.6) is 11.5 Å². The van der Waals surface area contributed by atoms with E-state index in [0.29, 0.717) is 48.0 Å². The van der Waals surface area contributed by atoms with Gasteiger partial charge in [-0.15, -0.1) is 0 Å². The number of carboxylic acids is 1. The molecule has 8 heteroatoms. The zero-order chi connectivity index (χ0) is 22.8. The van der Waals surface area contributed by atoms with Crippen molar-refractivity contribution in [3.8, 4) is 28.8 Å². The molecule has 1 aromatic carbocycles. The fraction of sp³-hybridized carbons (Fsp3) is 0.435. The fourth-order valence-electron chi connectivity index (χ4n) is 3.57. The van der Waals surface area contributed by atoms with Gasteiger partial charge in [-0.05, 0) is 11.5 Å². The molecule has 1 aromatic heterocycles. The van der Waals surface area contributed by atoms with Crippen LogP contribution in [0.3, 0.4) is 0 Å². The molecule has 164 valence electrons. The highest BCUT2D eigenvalue weighted by Crippen LogP contribution is 2.43. The monoisotopic (exact) mass is 426 g/mol. The fourth-order valence-corrected chi connectivity index (χ4v) is 3.57. The lowest BCUT2D eigenvalue weighted by molar-refractivity contribution is 0.0693. The molecule has 8 nitrogen and oxygen atoms in total. The molecule has 0 fully saturated rings. The van der Waals surface area contributed by atoms with Crippen LogP contribution in [-0.4, -0.2) is 42.6 Å². The Morgan fingerprint density at radius 3 is 2.68 bits per heavy atom. The van der Waals surface area contributed by atoms with Crippen LogP contribution in [0.25, 0.3) is 11.3 Å². The third kappa shape index (κ3) is 4.57. The van der Waals surface area contributed by atoms with E-state index in [1.807, 2.05) is 20.8 Å². The van der Waals surface area contributed by atoms with Gasteiger partial charge in [0.1, 0.15) is 29.7 Å². The van der Waals surface area contributed by atoms with Gasteiger partial charge in [-0.1, -0.05) is 20.8 Å². The van der Waals surface area contributed by atoms with Crippen LogP contribution in [0, 0.1) is 16.7 Å². The smallest absolute Gasteiger partial charge is 0.341 e. The van der Waals surface area contributed by atoms with Crippen molar-refractivity contribution in [2.75, 3.05) is 26.9 Å². The summed E-state index contributed by atoms with van der Waals surface area (Å²) < 4.78 is 18.7. The summed E-state index contributed by atoms with van der Waals surface area (Å²) in [7, 11) is 1.61. The van der Waals surface area contributed by atoms with E-state index in [-0.39, 0.29) is 23.6 Å². The van der Waals surface area contributed by atoms with Crippen molar-refractivity contribution < 1.29 is 24.1 Å². The molecule has 2 heterocycles. The number of aromatic carboxylic acids is 1. The summed E-state index contributed by atoms with van der Waals surface area (Å²) in [5.41, 5.74) is 0.151. The number of aromatic nitrogens is 1. The Morgan fingerprint density at radius 2 is 2.06 bits per heavy atom. The third-order valence-electron chi connectivity index (χ3n) is 5.27. The molecular weight excluding hydrogens is 400 g/mol. The van der Waals surface area contributed by atoms with E-state index in [4.69, 9.17) is 14.2 Å². The van der Waals surface area contributed by atoms with Crippen molar-refractivity contribution in [2.24, 2.45) is 5.41 Å². The third-order valence-corrected chi connectivity index (χ3v) is 5.27. The topological polar surface area (TPSA) is 111 Å². The van der Waals surface area contributed by atoms with Crippen molar-refractivity contribution in [1.82, 2.24) is 4.57 Å². The minimum Gasteiger partial charge on any atom is -0.492 e. The molecule has 3 rings (SSSR count). The molecule has 1 N–H and O–H groups in total. The molecule has 0 aliphatic carbocycles. The highest BCUT2D eigenvalue weighted by molar-refractivity contribution is 5.88. The first-order valence-electron chi connectivity index (χ1n) is 10.00. The number of hydrogen-bond donors (Lipinski definition) is 1. The van der Waals surface area contributed by atoms with Gasteiger partial charge in [0.25, 0.3) is 0 Å². The van der Waals surface area contributed by atoms with Crippen LogP contribution in [0.15, 0.2) is 29.2 Å². The molecule has 0 radical (unpaired) electrons. The number of carbonyl (C=O) groups is 1. The summed E-state index contributed by atoms with van der Waals surface area (Å²) in [5, 5.41) is 19.1. The molecule has 0 saturated heterocycles. The predicted octanol–water partition coefficient (Wildman–Crippen LogP) is 3.48. The molecule has 0 spiro atoms. The number of ether oxygens (including phenoxy) is 3. The maximum atomic E-state index is 12.5. The molecule has 1 atom stereocenters. The second-order valence-electron chi connectivity index (χ2n) is 8.49. The highest BCUT2D eigenvalue weighted by Gasteiger charge is 2.33. The average molecular weight is 426 g/mol. The van der Waals surface area contributed by atoms with Gasteiger partial charge in [-0.2, -0.15) is 5.26 Å². The van der Waals surface area contributed by atoms with E-state index in [2.05, 4.69) is 6.07 Å².